The van der Waals surface area contributed by atoms with Crippen LogP contribution in [0.25, 0.3) is 10.9 Å². The Morgan fingerprint density at radius 3 is 2.21 bits per heavy atom. The Morgan fingerprint density at radius 2 is 1.53 bits per heavy atom. The normalized spacial score (nSPS) is 11.6. The summed E-state index contributed by atoms with van der Waals surface area (Å²) in [4.78, 5) is 23.3. The maximum atomic E-state index is 12.4. The highest BCUT2D eigenvalue weighted by molar-refractivity contribution is 5.94. The fraction of sp³-hybridized carbons (Fsp3) is 0.185. The maximum Gasteiger partial charge on any atom is 0.321 e. The van der Waals surface area contributed by atoms with E-state index in [1.54, 1.807) is 24.4 Å². The predicted molar refractivity (Wildman–Crippen MR) is 135 cm³/mol. The van der Waals surface area contributed by atoms with Crippen molar-refractivity contribution in [3.8, 4) is 5.75 Å². The summed E-state index contributed by atoms with van der Waals surface area (Å²) in [6.07, 6.45) is 3.37. The number of aryl methyl sites for hydroxylation is 2. The first-order chi connectivity index (χ1) is 16.0. The molecule has 0 unspecified atom stereocenters. The Labute approximate surface area is 204 Å². The second-order valence-corrected chi connectivity index (χ2v) is 8.04. The molecule has 0 saturated carbocycles. The number of fused-ring (bicyclic) bond motifs is 1. The number of halogens is 1. The van der Waals surface area contributed by atoms with Crippen LogP contribution in [0, 0.1) is 0 Å². The lowest BCUT2D eigenvalue weighted by Crippen LogP contribution is -2.33. The lowest BCUT2D eigenvalue weighted by atomic mass is 10.0. The molecule has 3 N–H and O–H groups in total. The minimum atomic E-state index is -1.22. The zero-order valence-corrected chi connectivity index (χ0v) is 19.4. The predicted octanol–water partition coefficient (Wildman–Crippen LogP) is 4.87. The zero-order valence-electron chi connectivity index (χ0n) is 18.6. The molecule has 0 aliphatic carbocycles. The minimum absolute atomic E-state index is 0. The summed E-state index contributed by atoms with van der Waals surface area (Å²) < 4.78 is 7.37. The number of benzene rings is 3. The Kier molecular flexibility index (Phi) is 8.46. The molecule has 0 fully saturated rings. The Bertz CT molecular complexity index is 1250. The first-order valence-electron chi connectivity index (χ1n) is 10.9. The summed E-state index contributed by atoms with van der Waals surface area (Å²) >= 11 is 0. The molecule has 0 aliphatic heterocycles. The molecule has 0 radical (unpaired) electrons. The van der Waals surface area contributed by atoms with Crippen LogP contribution in [0.4, 0.5) is 0 Å². The van der Waals surface area contributed by atoms with Crippen LogP contribution >= 0.6 is 12.4 Å². The zero-order chi connectivity index (χ0) is 23.2. The molecule has 3 aromatic carbocycles. The van der Waals surface area contributed by atoms with E-state index >= 15 is 0 Å². The van der Waals surface area contributed by atoms with Crippen LogP contribution in [-0.2, 0) is 24.2 Å². The molecule has 0 aliphatic rings. The van der Waals surface area contributed by atoms with Crippen molar-refractivity contribution in [2.75, 3.05) is 0 Å². The molecule has 4 aromatic rings. The number of nitrogens with two attached hydrogens (primary N) is 1. The van der Waals surface area contributed by atoms with E-state index < -0.39 is 12.0 Å². The summed E-state index contributed by atoms with van der Waals surface area (Å²) in [6, 6.07) is 24.9. The second-order valence-electron chi connectivity index (χ2n) is 8.04. The van der Waals surface area contributed by atoms with Crippen LogP contribution < -0.4 is 10.5 Å². The van der Waals surface area contributed by atoms with Gasteiger partial charge in [-0.25, -0.2) is 0 Å². The molecule has 34 heavy (non-hydrogen) atoms. The molecule has 176 valence electrons. The van der Waals surface area contributed by atoms with Crippen LogP contribution in [0.15, 0.2) is 85.1 Å². The third-order valence-corrected chi connectivity index (χ3v) is 5.62. The highest BCUT2D eigenvalue weighted by Gasteiger charge is 2.18. The number of aliphatic carboxylic acids is 1. The smallest absolute Gasteiger partial charge is 0.321 e. The number of ether oxygens (including phenoxy) is 1. The molecule has 0 saturated heterocycles. The third kappa shape index (κ3) is 6.25. The Hall–Kier alpha value is -3.61. The number of carboxylic acid groups (broad SMARTS) is 1. The fourth-order valence-electron chi connectivity index (χ4n) is 3.70. The first-order valence-corrected chi connectivity index (χ1v) is 10.9. The lowest BCUT2D eigenvalue weighted by Gasteiger charge is -2.09. The van der Waals surface area contributed by atoms with Crippen LogP contribution in [0.1, 0.15) is 27.9 Å². The van der Waals surface area contributed by atoms with Gasteiger partial charge in [0.15, 0.2) is 0 Å². The minimum Gasteiger partial charge on any atom is -0.489 e. The van der Waals surface area contributed by atoms with E-state index in [4.69, 9.17) is 15.6 Å². The van der Waals surface area contributed by atoms with Gasteiger partial charge in [0.25, 0.3) is 0 Å². The van der Waals surface area contributed by atoms with Gasteiger partial charge in [0.2, 0.25) is 5.91 Å². The van der Waals surface area contributed by atoms with Crippen molar-refractivity contribution in [3.63, 3.8) is 0 Å². The quantitative estimate of drug-likeness (QED) is 0.358. The molecule has 4 rings (SSSR count). The molecule has 0 amide bonds. The van der Waals surface area contributed by atoms with Crippen LogP contribution in [0.5, 0.6) is 5.75 Å². The van der Waals surface area contributed by atoms with Gasteiger partial charge in [-0.3, -0.25) is 14.2 Å². The van der Waals surface area contributed by atoms with Gasteiger partial charge in [0.1, 0.15) is 18.4 Å². The van der Waals surface area contributed by atoms with Crippen LogP contribution in [0.3, 0.4) is 0 Å². The third-order valence-electron chi connectivity index (χ3n) is 5.62. The van der Waals surface area contributed by atoms with Gasteiger partial charge in [-0.05, 0) is 53.8 Å². The molecular formula is C27H27ClN2O4. The molecule has 1 aromatic heterocycles. The van der Waals surface area contributed by atoms with Crippen LogP contribution in [-0.4, -0.2) is 27.6 Å². The van der Waals surface area contributed by atoms with E-state index in [0.717, 1.165) is 23.8 Å². The number of carbonyl (C=O) groups excluding carboxylic acids is 1. The van der Waals surface area contributed by atoms with Gasteiger partial charge in [-0.15, -0.1) is 12.4 Å². The largest absolute Gasteiger partial charge is 0.489 e. The molecular weight excluding hydrogens is 452 g/mol. The Balaban J connectivity index is 0.00000324. The van der Waals surface area contributed by atoms with Crippen molar-refractivity contribution in [3.05, 3.63) is 102 Å². The molecule has 6 nitrogen and oxygen atoms in total. The van der Waals surface area contributed by atoms with Crippen molar-refractivity contribution < 1.29 is 19.4 Å². The van der Waals surface area contributed by atoms with Gasteiger partial charge < -0.3 is 15.6 Å². The number of carbonyl (C=O) groups is 2. The molecule has 1 heterocycles. The van der Waals surface area contributed by atoms with E-state index in [9.17, 15) is 9.59 Å². The highest BCUT2D eigenvalue weighted by atomic mass is 35.5. The van der Waals surface area contributed by atoms with Gasteiger partial charge in [-0.1, -0.05) is 54.6 Å². The molecule has 1 atom stereocenters. The summed E-state index contributed by atoms with van der Waals surface area (Å²) in [5.41, 5.74) is 9.87. The molecule has 0 bridgehead atoms. The summed E-state index contributed by atoms with van der Waals surface area (Å²) in [7, 11) is 0. The Morgan fingerprint density at radius 1 is 0.882 bits per heavy atom. The first kappa shape index (κ1) is 25.0. The summed E-state index contributed by atoms with van der Waals surface area (Å²) in [5, 5.41) is 9.75. The summed E-state index contributed by atoms with van der Waals surface area (Å²) in [6.45, 7) is 0.442. The van der Waals surface area contributed by atoms with Crippen LogP contribution in [0.2, 0.25) is 0 Å². The van der Waals surface area contributed by atoms with Gasteiger partial charge in [0, 0.05) is 11.6 Å². The second kappa shape index (κ2) is 11.5. The van der Waals surface area contributed by atoms with E-state index in [2.05, 4.69) is 48.5 Å². The maximum absolute atomic E-state index is 12.4. The van der Waals surface area contributed by atoms with Crippen molar-refractivity contribution in [1.82, 2.24) is 4.57 Å². The van der Waals surface area contributed by atoms with Crippen molar-refractivity contribution >= 4 is 35.2 Å². The van der Waals surface area contributed by atoms with E-state index in [1.807, 2.05) is 12.1 Å². The van der Waals surface area contributed by atoms with E-state index in [-0.39, 0.29) is 24.7 Å². The van der Waals surface area contributed by atoms with Gasteiger partial charge in [0.05, 0.1) is 11.9 Å². The van der Waals surface area contributed by atoms with Crippen molar-refractivity contribution in [2.24, 2.45) is 5.73 Å². The summed E-state index contributed by atoms with van der Waals surface area (Å²) in [5.74, 6) is -0.858. The molecule has 7 heteroatoms. The van der Waals surface area contributed by atoms with E-state index in [1.165, 1.54) is 15.7 Å². The number of hydrogen-bond acceptors (Lipinski definition) is 4. The number of rotatable bonds is 9. The van der Waals surface area contributed by atoms with Gasteiger partial charge >= 0.3 is 5.97 Å². The van der Waals surface area contributed by atoms with Crippen molar-refractivity contribution in [2.45, 2.75) is 31.9 Å². The fourth-order valence-corrected chi connectivity index (χ4v) is 3.70. The number of carboxylic acids is 1. The highest BCUT2D eigenvalue weighted by Crippen LogP contribution is 2.23. The van der Waals surface area contributed by atoms with E-state index in [0.29, 0.717) is 17.9 Å². The topological polar surface area (TPSA) is 94.5 Å². The number of aromatic nitrogens is 1. The SMILES string of the molecule is Cl.N[C@H](CC(=O)n1ccc2cc(OCc3ccc(CCc4ccccc4)cc3)ccc21)C(=O)O. The number of hydrogen-bond donors (Lipinski definition) is 2. The molecule has 0 spiro atoms. The monoisotopic (exact) mass is 478 g/mol. The number of nitrogens with zero attached hydrogens (tertiary/aromatic N) is 1. The lowest BCUT2D eigenvalue weighted by molar-refractivity contribution is -0.138. The van der Waals surface area contributed by atoms with Gasteiger partial charge in [-0.2, -0.15) is 0 Å². The van der Waals surface area contributed by atoms with Crippen molar-refractivity contribution in [1.29, 1.82) is 0 Å². The average Bonchev–Trinajstić information content (AvgIpc) is 3.26. The average molecular weight is 479 g/mol. The standard InChI is InChI=1S/C27H26N2O4.ClH/c28-24(27(31)32)17-26(30)29-15-14-22-16-23(12-13-25(22)29)33-18-21-10-8-20(9-11-21)7-6-19-4-2-1-3-5-19;/h1-5,8-16,24H,6-7,17-18,28H2,(H,31,32);1H/t24-;/m1./s1.